The average molecular weight is 377 g/mol. The van der Waals surface area contributed by atoms with Gasteiger partial charge in [0, 0.05) is 0 Å². The maximum absolute atomic E-state index is 14.1. The van der Waals surface area contributed by atoms with Crippen LogP contribution in [0.15, 0.2) is 42.5 Å². The molecule has 27 heavy (non-hydrogen) atoms. The molecule has 0 bridgehead atoms. The minimum Gasteiger partial charge on any atom is -0.486 e. The average Bonchev–Trinajstić information content (AvgIpc) is 2.70. The van der Waals surface area contributed by atoms with E-state index in [9.17, 15) is 19.4 Å². The Balaban J connectivity index is 1.64. The van der Waals surface area contributed by atoms with Crippen LogP contribution in [-0.4, -0.2) is 42.2 Å². The number of hydrogen-bond donors (Lipinski definition) is 3. The molecule has 1 amide bonds. The number of aliphatic hydroxyl groups is 2. The lowest BCUT2D eigenvalue weighted by molar-refractivity contribution is 0.0756. The van der Waals surface area contributed by atoms with E-state index in [1.807, 2.05) is 18.2 Å². The first-order valence-corrected chi connectivity index (χ1v) is 8.43. The number of carbonyl (C=O) groups is 1. The van der Waals surface area contributed by atoms with Gasteiger partial charge in [0.1, 0.15) is 25.9 Å². The predicted molar refractivity (Wildman–Crippen MR) is 93.0 cm³/mol. The molecule has 1 aliphatic heterocycles. The third kappa shape index (κ3) is 4.66. The zero-order chi connectivity index (χ0) is 19.2. The number of aliphatic hydroxyl groups excluding tert-OH is 2. The summed E-state index contributed by atoms with van der Waals surface area (Å²) in [7, 11) is 0. The van der Waals surface area contributed by atoms with E-state index in [-0.39, 0.29) is 36.9 Å². The van der Waals surface area contributed by atoms with Crippen LogP contribution >= 0.6 is 0 Å². The molecule has 1 aliphatic rings. The van der Waals surface area contributed by atoms with Crippen molar-refractivity contribution >= 4 is 6.09 Å². The first kappa shape index (κ1) is 18.9. The predicted octanol–water partition coefficient (Wildman–Crippen LogP) is 1.92. The van der Waals surface area contributed by atoms with Gasteiger partial charge < -0.3 is 29.7 Å². The normalized spacial score (nSPS) is 14.9. The van der Waals surface area contributed by atoms with Crippen molar-refractivity contribution in [3.05, 3.63) is 59.4 Å². The van der Waals surface area contributed by atoms with Crippen molar-refractivity contribution in [2.24, 2.45) is 0 Å². The van der Waals surface area contributed by atoms with Gasteiger partial charge in [-0.25, -0.2) is 9.18 Å². The van der Waals surface area contributed by atoms with E-state index < -0.39 is 30.7 Å². The number of benzene rings is 2. The zero-order valence-electron chi connectivity index (χ0n) is 14.4. The second-order valence-electron chi connectivity index (χ2n) is 5.97. The van der Waals surface area contributed by atoms with E-state index in [0.29, 0.717) is 0 Å². The van der Waals surface area contributed by atoms with Gasteiger partial charge in [-0.1, -0.05) is 30.3 Å². The Morgan fingerprint density at radius 2 is 1.96 bits per heavy atom. The van der Waals surface area contributed by atoms with E-state index >= 15 is 0 Å². The lowest BCUT2D eigenvalue weighted by Crippen LogP contribution is -2.42. The SMILES string of the molecule is O=C(N[C@H](CO)[C@H](O)c1cc(F)c2c(c1)OCCO2)OCc1ccccc1. The molecule has 0 spiro atoms. The molecule has 0 fully saturated rings. The monoisotopic (exact) mass is 377 g/mol. The molecule has 2 atom stereocenters. The minimum atomic E-state index is -1.37. The Kier molecular flexibility index (Phi) is 6.10. The molecular weight excluding hydrogens is 357 g/mol. The van der Waals surface area contributed by atoms with Gasteiger partial charge in [-0.3, -0.25) is 0 Å². The second kappa shape index (κ2) is 8.70. The van der Waals surface area contributed by atoms with Crippen LogP contribution < -0.4 is 14.8 Å². The molecule has 7 nitrogen and oxygen atoms in total. The lowest BCUT2D eigenvalue weighted by Gasteiger charge is -2.25. The molecule has 1 heterocycles. The molecule has 0 aromatic heterocycles. The molecule has 0 unspecified atom stereocenters. The number of rotatable bonds is 6. The van der Waals surface area contributed by atoms with Gasteiger partial charge in [-0.2, -0.15) is 0 Å². The molecule has 0 saturated heterocycles. The third-order valence-corrected chi connectivity index (χ3v) is 4.05. The second-order valence-corrected chi connectivity index (χ2v) is 5.97. The molecule has 0 saturated carbocycles. The Hall–Kier alpha value is -2.84. The summed E-state index contributed by atoms with van der Waals surface area (Å²) >= 11 is 0. The fourth-order valence-corrected chi connectivity index (χ4v) is 2.67. The summed E-state index contributed by atoms with van der Waals surface area (Å²) < 4.78 is 29.7. The van der Waals surface area contributed by atoms with Gasteiger partial charge >= 0.3 is 6.09 Å². The maximum atomic E-state index is 14.1. The van der Waals surface area contributed by atoms with Crippen LogP contribution in [0.25, 0.3) is 0 Å². The first-order chi connectivity index (χ1) is 13.1. The van der Waals surface area contributed by atoms with E-state index in [1.165, 1.54) is 6.07 Å². The van der Waals surface area contributed by atoms with Crippen LogP contribution in [0.5, 0.6) is 11.5 Å². The number of amides is 1. The summed E-state index contributed by atoms with van der Waals surface area (Å²) in [6.45, 7) is -0.0311. The van der Waals surface area contributed by atoms with Crippen LogP contribution in [0.3, 0.4) is 0 Å². The van der Waals surface area contributed by atoms with Crippen molar-refractivity contribution in [1.29, 1.82) is 0 Å². The Labute approximate surface area is 155 Å². The third-order valence-electron chi connectivity index (χ3n) is 4.05. The van der Waals surface area contributed by atoms with E-state index in [2.05, 4.69) is 5.32 Å². The number of fused-ring (bicyclic) bond motifs is 1. The van der Waals surface area contributed by atoms with Gasteiger partial charge in [0.15, 0.2) is 17.3 Å². The molecule has 8 heteroatoms. The van der Waals surface area contributed by atoms with Crippen molar-refractivity contribution in [2.45, 2.75) is 18.8 Å². The van der Waals surface area contributed by atoms with Crippen molar-refractivity contribution in [1.82, 2.24) is 5.32 Å². The molecule has 144 valence electrons. The highest BCUT2D eigenvalue weighted by molar-refractivity contribution is 5.67. The highest BCUT2D eigenvalue weighted by Crippen LogP contribution is 2.36. The quantitative estimate of drug-likeness (QED) is 0.712. The summed E-state index contributed by atoms with van der Waals surface area (Å²) in [5.74, 6) is -0.545. The molecule has 3 N–H and O–H groups in total. The zero-order valence-corrected chi connectivity index (χ0v) is 14.4. The number of alkyl carbamates (subject to hydrolysis) is 1. The lowest BCUT2D eigenvalue weighted by atomic mass is 10.0. The van der Waals surface area contributed by atoms with Gasteiger partial charge in [-0.05, 0) is 23.3 Å². The number of nitrogens with one attached hydrogen (secondary N) is 1. The minimum absolute atomic E-state index is 0.0204. The first-order valence-electron chi connectivity index (χ1n) is 8.43. The number of ether oxygens (including phenoxy) is 3. The summed E-state index contributed by atoms with van der Waals surface area (Å²) in [6.07, 6.45) is -2.18. The van der Waals surface area contributed by atoms with Crippen LogP contribution in [0, 0.1) is 5.82 Å². The largest absolute Gasteiger partial charge is 0.486 e. The molecule has 3 rings (SSSR count). The van der Waals surface area contributed by atoms with Crippen molar-refractivity contribution in [3.63, 3.8) is 0 Å². The van der Waals surface area contributed by atoms with Gasteiger partial charge in [0.05, 0.1) is 12.6 Å². The van der Waals surface area contributed by atoms with E-state index in [1.54, 1.807) is 12.1 Å². The fraction of sp³-hybridized carbons (Fsp3) is 0.316. The van der Waals surface area contributed by atoms with Crippen LogP contribution in [0.1, 0.15) is 17.2 Å². The number of carbonyl (C=O) groups excluding carboxylic acids is 1. The fourth-order valence-electron chi connectivity index (χ4n) is 2.67. The Morgan fingerprint density at radius 3 is 2.70 bits per heavy atom. The van der Waals surface area contributed by atoms with E-state index in [4.69, 9.17) is 14.2 Å². The maximum Gasteiger partial charge on any atom is 0.407 e. The van der Waals surface area contributed by atoms with Crippen LogP contribution in [-0.2, 0) is 11.3 Å². The molecule has 0 radical (unpaired) electrons. The molecular formula is C19H20FNO6. The van der Waals surface area contributed by atoms with Gasteiger partial charge in [-0.15, -0.1) is 0 Å². The van der Waals surface area contributed by atoms with E-state index in [0.717, 1.165) is 11.6 Å². The summed E-state index contributed by atoms with van der Waals surface area (Å²) in [5.41, 5.74) is 0.932. The Morgan fingerprint density at radius 1 is 1.22 bits per heavy atom. The van der Waals surface area contributed by atoms with Crippen LogP contribution in [0.2, 0.25) is 0 Å². The van der Waals surface area contributed by atoms with Crippen LogP contribution in [0.4, 0.5) is 9.18 Å². The van der Waals surface area contributed by atoms with Crippen molar-refractivity contribution < 1.29 is 33.6 Å². The molecule has 0 aliphatic carbocycles. The topological polar surface area (TPSA) is 97.3 Å². The Bertz CT molecular complexity index is 785. The highest BCUT2D eigenvalue weighted by atomic mass is 19.1. The number of halogens is 1. The summed E-state index contributed by atoms with van der Waals surface area (Å²) in [4.78, 5) is 11.9. The standard InChI is InChI=1S/C19H20FNO6/c20-14-8-13(9-16-18(14)26-7-6-25-16)17(23)15(10-22)21-19(24)27-11-12-4-2-1-3-5-12/h1-5,8-9,15,17,22-23H,6-7,10-11H2,(H,21,24)/t15-,17-/m1/s1. The van der Waals surface area contributed by atoms with Crippen molar-refractivity contribution in [3.8, 4) is 11.5 Å². The smallest absolute Gasteiger partial charge is 0.407 e. The molecule has 2 aromatic carbocycles. The summed E-state index contributed by atoms with van der Waals surface area (Å²) in [5, 5.41) is 22.3. The van der Waals surface area contributed by atoms with Gasteiger partial charge in [0.25, 0.3) is 0 Å². The number of hydrogen-bond acceptors (Lipinski definition) is 6. The summed E-state index contributed by atoms with van der Waals surface area (Å²) in [6, 6.07) is 10.5. The van der Waals surface area contributed by atoms with Crippen molar-refractivity contribution in [2.75, 3.05) is 19.8 Å². The van der Waals surface area contributed by atoms with Gasteiger partial charge in [0.2, 0.25) is 0 Å². The highest BCUT2D eigenvalue weighted by Gasteiger charge is 2.26. The molecule has 2 aromatic rings.